The molecule has 1 unspecified atom stereocenters. The molecule has 2 aromatic carbocycles. The van der Waals surface area contributed by atoms with Crippen molar-refractivity contribution in [1.29, 1.82) is 0 Å². The Morgan fingerprint density at radius 1 is 1.24 bits per heavy atom. The van der Waals surface area contributed by atoms with Crippen LogP contribution in [0.3, 0.4) is 0 Å². The van der Waals surface area contributed by atoms with Gasteiger partial charge in [0.1, 0.15) is 11.3 Å². The van der Waals surface area contributed by atoms with Gasteiger partial charge in [-0.15, -0.1) is 0 Å². The first-order valence-electron chi connectivity index (χ1n) is 7.37. The minimum Gasteiger partial charge on any atom is -0.495 e. The van der Waals surface area contributed by atoms with Gasteiger partial charge in [-0.2, -0.15) is 0 Å². The number of benzene rings is 2. The summed E-state index contributed by atoms with van der Waals surface area (Å²) in [5.74, 6) is -0.529. The van der Waals surface area contributed by atoms with Crippen molar-refractivity contribution in [2.75, 3.05) is 7.11 Å². The van der Waals surface area contributed by atoms with E-state index in [-0.39, 0.29) is 17.1 Å². The van der Waals surface area contributed by atoms with Crippen LogP contribution in [0.15, 0.2) is 64.4 Å². The molecular formula is C18H15NO5S. The molecule has 3 aromatic rings. The van der Waals surface area contributed by atoms with Crippen molar-refractivity contribution < 1.29 is 23.3 Å². The van der Waals surface area contributed by atoms with Crippen molar-refractivity contribution in [3.05, 3.63) is 66.2 Å². The Kier molecular flexibility index (Phi) is 4.95. The summed E-state index contributed by atoms with van der Waals surface area (Å²) in [6, 6.07) is 12.2. The summed E-state index contributed by atoms with van der Waals surface area (Å²) in [7, 11) is 0.0190. The van der Waals surface area contributed by atoms with E-state index in [9.17, 15) is 14.1 Å². The second-order valence-corrected chi connectivity index (χ2v) is 6.61. The fourth-order valence-electron chi connectivity index (χ4n) is 2.53. The van der Waals surface area contributed by atoms with Crippen LogP contribution < -0.4 is 4.74 Å². The van der Waals surface area contributed by atoms with Gasteiger partial charge in [-0.25, -0.2) is 9.78 Å². The summed E-state index contributed by atoms with van der Waals surface area (Å²) in [5, 5.41) is 9.66. The molecular weight excluding hydrogens is 342 g/mol. The van der Waals surface area contributed by atoms with Gasteiger partial charge < -0.3 is 14.3 Å². The van der Waals surface area contributed by atoms with Crippen LogP contribution in [0, 0.1) is 0 Å². The molecule has 0 aliphatic carbocycles. The highest BCUT2D eigenvalue weighted by atomic mass is 32.2. The van der Waals surface area contributed by atoms with Crippen molar-refractivity contribution in [3.63, 3.8) is 0 Å². The van der Waals surface area contributed by atoms with Crippen LogP contribution in [0.4, 0.5) is 0 Å². The number of aromatic nitrogens is 1. The summed E-state index contributed by atoms with van der Waals surface area (Å²) in [5.41, 5.74) is 0.877. The summed E-state index contributed by atoms with van der Waals surface area (Å²) < 4.78 is 23.1. The van der Waals surface area contributed by atoms with Gasteiger partial charge in [0.15, 0.2) is 12.2 Å². The van der Waals surface area contributed by atoms with Crippen LogP contribution in [-0.4, -0.2) is 27.4 Å². The van der Waals surface area contributed by atoms with Crippen molar-refractivity contribution in [3.8, 4) is 17.1 Å². The van der Waals surface area contributed by atoms with Gasteiger partial charge in [0.25, 0.3) is 0 Å². The fraction of sp³-hybridized carbons (Fsp3) is 0.111. The monoisotopic (exact) mass is 357 g/mol. The standard InChI is InChI=1S/C18H15NO5S/c1-23-17-14(15-9-19-11-24-15)8-7-12(16(17)18(20)21)10-25(22)13-5-3-2-4-6-13/h2-9,11H,10H2,1H3,(H,20,21). The lowest BCUT2D eigenvalue weighted by molar-refractivity contribution is 0.0692. The third-order valence-corrected chi connectivity index (χ3v) is 5.02. The molecule has 1 heterocycles. The molecule has 3 rings (SSSR count). The highest BCUT2D eigenvalue weighted by molar-refractivity contribution is 7.84. The van der Waals surface area contributed by atoms with Crippen LogP contribution in [0.5, 0.6) is 5.75 Å². The highest BCUT2D eigenvalue weighted by Crippen LogP contribution is 2.36. The van der Waals surface area contributed by atoms with Gasteiger partial charge in [0.05, 0.1) is 35.4 Å². The van der Waals surface area contributed by atoms with Gasteiger partial charge in [-0.3, -0.25) is 4.21 Å². The average Bonchev–Trinajstić information content (AvgIpc) is 3.16. The normalized spacial score (nSPS) is 11.9. The van der Waals surface area contributed by atoms with Crippen molar-refractivity contribution in [1.82, 2.24) is 4.98 Å². The predicted molar refractivity (Wildman–Crippen MR) is 92.0 cm³/mol. The Hall–Kier alpha value is -2.93. The zero-order valence-corrected chi connectivity index (χ0v) is 14.2. The number of rotatable bonds is 6. The van der Waals surface area contributed by atoms with Crippen LogP contribution in [0.25, 0.3) is 11.3 Å². The Bertz CT molecular complexity index is 907. The lowest BCUT2D eigenvalue weighted by Gasteiger charge is -2.14. The first-order chi connectivity index (χ1) is 12.1. The quantitative estimate of drug-likeness (QED) is 0.727. The molecule has 0 spiro atoms. The molecule has 0 aliphatic heterocycles. The number of carbonyl (C=O) groups is 1. The maximum Gasteiger partial charge on any atom is 0.339 e. The molecule has 0 amide bonds. The number of hydrogen-bond acceptors (Lipinski definition) is 5. The number of ether oxygens (including phenoxy) is 1. The maximum absolute atomic E-state index is 12.6. The van der Waals surface area contributed by atoms with Crippen molar-refractivity contribution in [2.24, 2.45) is 0 Å². The molecule has 1 N–H and O–H groups in total. The van der Waals surface area contributed by atoms with Crippen LogP contribution in [0.1, 0.15) is 15.9 Å². The average molecular weight is 357 g/mol. The number of carboxylic acid groups (broad SMARTS) is 1. The fourth-order valence-corrected chi connectivity index (χ4v) is 3.68. The molecule has 1 atom stereocenters. The van der Waals surface area contributed by atoms with Crippen molar-refractivity contribution in [2.45, 2.75) is 10.6 Å². The van der Waals surface area contributed by atoms with Crippen LogP contribution >= 0.6 is 0 Å². The first kappa shape index (κ1) is 16.9. The number of carboxylic acids is 1. The summed E-state index contributed by atoms with van der Waals surface area (Å²) >= 11 is 0. The van der Waals surface area contributed by atoms with E-state index in [4.69, 9.17) is 9.15 Å². The van der Waals surface area contributed by atoms with Gasteiger partial charge in [-0.05, 0) is 23.8 Å². The Morgan fingerprint density at radius 2 is 2.00 bits per heavy atom. The van der Waals surface area contributed by atoms with Crippen molar-refractivity contribution >= 4 is 16.8 Å². The summed E-state index contributed by atoms with van der Waals surface area (Å²) in [4.78, 5) is 16.3. The molecule has 7 heteroatoms. The first-order valence-corrected chi connectivity index (χ1v) is 8.69. The second-order valence-electron chi connectivity index (χ2n) is 5.15. The van der Waals surface area contributed by atoms with Gasteiger partial charge >= 0.3 is 5.97 Å². The summed E-state index contributed by atoms with van der Waals surface area (Å²) in [6.45, 7) is 0. The summed E-state index contributed by atoms with van der Waals surface area (Å²) in [6.07, 6.45) is 2.73. The number of aromatic carboxylic acids is 1. The molecule has 0 bridgehead atoms. The predicted octanol–water partition coefficient (Wildman–Crippen LogP) is 3.36. The SMILES string of the molecule is COc1c(-c2cnco2)ccc(CS(=O)c2ccccc2)c1C(=O)O. The van der Waals surface area contributed by atoms with Crippen LogP contribution in [0.2, 0.25) is 0 Å². The van der Waals surface area contributed by atoms with Gasteiger partial charge in [0.2, 0.25) is 0 Å². The smallest absolute Gasteiger partial charge is 0.339 e. The minimum absolute atomic E-state index is 0.0271. The molecule has 25 heavy (non-hydrogen) atoms. The molecule has 0 saturated carbocycles. The van der Waals surface area contributed by atoms with Crippen LogP contribution in [-0.2, 0) is 16.6 Å². The molecule has 0 aliphatic rings. The molecule has 1 aromatic heterocycles. The van der Waals surface area contributed by atoms with E-state index in [1.807, 2.05) is 6.07 Å². The third-order valence-electron chi connectivity index (χ3n) is 3.65. The van der Waals surface area contributed by atoms with E-state index in [1.165, 1.54) is 19.7 Å². The lowest BCUT2D eigenvalue weighted by atomic mass is 10.0. The van der Waals surface area contributed by atoms with E-state index < -0.39 is 16.8 Å². The third kappa shape index (κ3) is 3.46. The van der Waals surface area contributed by atoms with E-state index in [2.05, 4.69) is 4.98 Å². The van der Waals surface area contributed by atoms with E-state index >= 15 is 0 Å². The number of nitrogens with zero attached hydrogens (tertiary/aromatic N) is 1. The molecule has 0 radical (unpaired) electrons. The Labute approximate surface area is 146 Å². The second kappa shape index (κ2) is 7.31. The zero-order valence-electron chi connectivity index (χ0n) is 13.3. The van der Waals surface area contributed by atoms with Gasteiger partial charge in [0, 0.05) is 4.90 Å². The highest BCUT2D eigenvalue weighted by Gasteiger charge is 2.23. The molecule has 0 saturated heterocycles. The number of methoxy groups -OCH3 is 1. The number of hydrogen-bond donors (Lipinski definition) is 1. The van der Waals surface area contributed by atoms with E-state index in [1.54, 1.807) is 36.4 Å². The van der Waals surface area contributed by atoms with Gasteiger partial charge in [-0.1, -0.05) is 24.3 Å². The largest absolute Gasteiger partial charge is 0.495 e. The zero-order chi connectivity index (χ0) is 17.8. The maximum atomic E-state index is 12.6. The minimum atomic E-state index is -1.37. The Balaban J connectivity index is 2.05. The molecule has 6 nitrogen and oxygen atoms in total. The molecule has 128 valence electrons. The Morgan fingerprint density at radius 3 is 2.60 bits per heavy atom. The van der Waals surface area contributed by atoms with E-state index in [0.29, 0.717) is 21.8 Å². The number of oxazole rings is 1. The lowest BCUT2D eigenvalue weighted by Crippen LogP contribution is -2.09. The molecule has 0 fully saturated rings. The van der Waals surface area contributed by atoms with E-state index in [0.717, 1.165) is 0 Å². The topological polar surface area (TPSA) is 89.6 Å².